The Morgan fingerprint density at radius 1 is 1.05 bits per heavy atom. The first kappa shape index (κ1) is 15.7. The summed E-state index contributed by atoms with van der Waals surface area (Å²) >= 11 is 0. The van der Waals surface area contributed by atoms with Gasteiger partial charge in [-0.15, -0.1) is 0 Å². The van der Waals surface area contributed by atoms with Crippen molar-refractivity contribution in [1.29, 1.82) is 0 Å². The van der Waals surface area contributed by atoms with E-state index >= 15 is 0 Å². The molecule has 0 saturated carbocycles. The molecule has 0 radical (unpaired) electrons. The molecule has 114 valence electrons. The van der Waals surface area contributed by atoms with E-state index in [1.165, 1.54) is 18.5 Å². The van der Waals surface area contributed by atoms with Gasteiger partial charge in [0.15, 0.2) is 0 Å². The molecule has 1 aromatic carbocycles. The Labute approximate surface area is 128 Å². The van der Waals surface area contributed by atoms with Crippen LogP contribution in [-0.4, -0.2) is 16.9 Å². The Hall–Kier alpha value is -2.69. The zero-order valence-electron chi connectivity index (χ0n) is 12.3. The number of aromatic nitrogens is 1. The van der Waals surface area contributed by atoms with Gasteiger partial charge in [-0.1, -0.05) is 19.4 Å². The van der Waals surface area contributed by atoms with Crippen molar-refractivity contribution in [3.8, 4) is 11.5 Å². The van der Waals surface area contributed by atoms with Crippen LogP contribution in [0.25, 0.3) is 0 Å². The maximum absolute atomic E-state index is 11.9. The quantitative estimate of drug-likeness (QED) is 0.604. The molecule has 0 amide bonds. The third-order valence-electron chi connectivity index (χ3n) is 2.90. The van der Waals surface area contributed by atoms with Gasteiger partial charge in [0.2, 0.25) is 0 Å². The minimum absolute atomic E-state index is 0.292. The van der Waals surface area contributed by atoms with Crippen molar-refractivity contribution in [2.75, 3.05) is 0 Å². The summed E-state index contributed by atoms with van der Waals surface area (Å²) in [6.07, 6.45) is 5.12. The van der Waals surface area contributed by atoms with Gasteiger partial charge in [0.1, 0.15) is 11.5 Å². The van der Waals surface area contributed by atoms with Gasteiger partial charge in [-0.2, -0.15) is 0 Å². The average Bonchev–Trinajstić information content (AvgIpc) is 2.54. The number of pyridine rings is 1. The first-order valence-electron chi connectivity index (χ1n) is 7.12. The molecule has 0 unspecified atom stereocenters. The average molecular weight is 299 g/mol. The highest BCUT2D eigenvalue weighted by Crippen LogP contribution is 2.21. The maximum atomic E-state index is 11.9. The van der Waals surface area contributed by atoms with Crippen LogP contribution in [0.1, 0.15) is 36.5 Å². The molecule has 5 heteroatoms. The van der Waals surface area contributed by atoms with Crippen LogP contribution in [0.5, 0.6) is 11.5 Å². The summed E-state index contributed by atoms with van der Waals surface area (Å²) in [6.45, 7) is 2.01. The number of benzene rings is 1. The van der Waals surface area contributed by atoms with E-state index in [-0.39, 0.29) is 5.97 Å². The first-order chi connectivity index (χ1) is 10.7. The summed E-state index contributed by atoms with van der Waals surface area (Å²) < 4.78 is 10.4. The monoisotopic (exact) mass is 299 g/mol. The Bertz CT molecular complexity index is 640. The lowest BCUT2D eigenvalue weighted by Gasteiger charge is -2.07. The number of carbonyl (C=O) groups is 2. The highest BCUT2D eigenvalue weighted by molar-refractivity contribution is 5.90. The van der Waals surface area contributed by atoms with E-state index in [9.17, 15) is 9.59 Å². The highest BCUT2D eigenvalue weighted by atomic mass is 16.5. The molecule has 0 bridgehead atoms. The van der Waals surface area contributed by atoms with E-state index in [4.69, 9.17) is 9.47 Å². The molecule has 2 rings (SSSR count). The SMILES string of the molecule is CCCCC(=O)Oc1cccc(OC(=O)c2ccncc2)c1. The summed E-state index contributed by atoms with van der Waals surface area (Å²) in [5, 5.41) is 0. The molecule has 0 saturated heterocycles. The second-order valence-corrected chi connectivity index (χ2v) is 4.68. The predicted octanol–water partition coefficient (Wildman–Crippen LogP) is 3.40. The van der Waals surface area contributed by atoms with Crippen LogP contribution in [0.2, 0.25) is 0 Å². The second-order valence-electron chi connectivity index (χ2n) is 4.68. The van der Waals surface area contributed by atoms with Crippen LogP contribution in [0.3, 0.4) is 0 Å². The predicted molar refractivity (Wildman–Crippen MR) is 80.8 cm³/mol. The summed E-state index contributed by atoms with van der Waals surface area (Å²) in [6, 6.07) is 9.59. The molecular weight excluding hydrogens is 282 g/mol. The molecule has 2 aromatic rings. The highest BCUT2D eigenvalue weighted by Gasteiger charge is 2.10. The van der Waals surface area contributed by atoms with Gasteiger partial charge < -0.3 is 9.47 Å². The van der Waals surface area contributed by atoms with Crippen LogP contribution >= 0.6 is 0 Å². The molecule has 0 aliphatic rings. The van der Waals surface area contributed by atoms with E-state index in [0.717, 1.165) is 12.8 Å². The van der Waals surface area contributed by atoms with Crippen molar-refractivity contribution in [2.24, 2.45) is 0 Å². The molecule has 0 fully saturated rings. The third kappa shape index (κ3) is 4.70. The van der Waals surface area contributed by atoms with E-state index in [2.05, 4.69) is 4.98 Å². The molecule has 0 spiro atoms. The summed E-state index contributed by atoms with van der Waals surface area (Å²) in [5.41, 5.74) is 0.403. The number of ether oxygens (including phenoxy) is 2. The fourth-order valence-electron chi connectivity index (χ4n) is 1.76. The second kappa shape index (κ2) is 7.93. The van der Waals surface area contributed by atoms with E-state index in [1.807, 2.05) is 6.92 Å². The molecule has 0 aliphatic carbocycles. The molecule has 5 nitrogen and oxygen atoms in total. The van der Waals surface area contributed by atoms with Gasteiger partial charge in [0, 0.05) is 24.9 Å². The van der Waals surface area contributed by atoms with Gasteiger partial charge in [0.25, 0.3) is 0 Å². The van der Waals surface area contributed by atoms with Crippen LogP contribution in [0.4, 0.5) is 0 Å². The van der Waals surface area contributed by atoms with Gasteiger partial charge in [-0.25, -0.2) is 4.79 Å². The number of hydrogen-bond acceptors (Lipinski definition) is 5. The van der Waals surface area contributed by atoms with Gasteiger partial charge in [-0.3, -0.25) is 9.78 Å². The van der Waals surface area contributed by atoms with Crippen molar-refractivity contribution in [3.63, 3.8) is 0 Å². The van der Waals surface area contributed by atoms with Crippen LogP contribution < -0.4 is 9.47 Å². The zero-order valence-corrected chi connectivity index (χ0v) is 12.3. The molecule has 1 aromatic heterocycles. The third-order valence-corrected chi connectivity index (χ3v) is 2.90. The minimum Gasteiger partial charge on any atom is -0.426 e. The lowest BCUT2D eigenvalue weighted by Crippen LogP contribution is -2.09. The van der Waals surface area contributed by atoms with Gasteiger partial charge in [0.05, 0.1) is 5.56 Å². The summed E-state index contributed by atoms with van der Waals surface area (Å²) in [5.74, 6) is -0.0972. The Morgan fingerprint density at radius 2 is 1.73 bits per heavy atom. The van der Waals surface area contributed by atoms with Crippen LogP contribution in [0.15, 0.2) is 48.8 Å². The van der Waals surface area contributed by atoms with Crippen molar-refractivity contribution < 1.29 is 19.1 Å². The smallest absolute Gasteiger partial charge is 0.343 e. The molecule has 0 atom stereocenters. The van der Waals surface area contributed by atoms with Crippen LogP contribution in [0, 0.1) is 0 Å². The minimum atomic E-state index is -0.489. The number of hydrogen-bond donors (Lipinski definition) is 0. The van der Waals surface area contributed by atoms with E-state index in [1.54, 1.807) is 30.3 Å². The molecule has 0 aliphatic heterocycles. The topological polar surface area (TPSA) is 65.5 Å². The fourth-order valence-corrected chi connectivity index (χ4v) is 1.76. The number of esters is 2. The summed E-state index contributed by atoms with van der Waals surface area (Å²) in [7, 11) is 0. The number of carbonyl (C=O) groups excluding carboxylic acids is 2. The lowest BCUT2D eigenvalue weighted by atomic mass is 10.2. The normalized spacial score (nSPS) is 10.0. The van der Waals surface area contributed by atoms with Gasteiger partial charge >= 0.3 is 11.9 Å². The van der Waals surface area contributed by atoms with Crippen molar-refractivity contribution in [2.45, 2.75) is 26.2 Å². The first-order valence-corrected chi connectivity index (χ1v) is 7.12. The van der Waals surface area contributed by atoms with E-state index in [0.29, 0.717) is 23.5 Å². The molecule has 1 heterocycles. The Morgan fingerprint density at radius 3 is 2.41 bits per heavy atom. The fraction of sp³-hybridized carbons (Fsp3) is 0.235. The Balaban J connectivity index is 1.99. The number of rotatable bonds is 6. The standard InChI is InChI=1S/C17H17NO4/c1-2-3-7-16(19)21-14-5-4-6-15(12-14)22-17(20)13-8-10-18-11-9-13/h4-6,8-12H,2-3,7H2,1H3. The molecule has 22 heavy (non-hydrogen) atoms. The van der Waals surface area contributed by atoms with Gasteiger partial charge in [-0.05, 0) is 30.7 Å². The lowest BCUT2D eigenvalue weighted by molar-refractivity contribution is -0.134. The van der Waals surface area contributed by atoms with Crippen molar-refractivity contribution in [1.82, 2.24) is 4.98 Å². The van der Waals surface area contributed by atoms with E-state index < -0.39 is 5.97 Å². The van der Waals surface area contributed by atoms with Crippen molar-refractivity contribution in [3.05, 3.63) is 54.4 Å². The summed E-state index contributed by atoms with van der Waals surface area (Å²) in [4.78, 5) is 27.4. The number of nitrogens with zero attached hydrogens (tertiary/aromatic N) is 1. The van der Waals surface area contributed by atoms with Crippen LogP contribution in [-0.2, 0) is 4.79 Å². The number of unbranched alkanes of at least 4 members (excludes halogenated alkanes) is 1. The maximum Gasteiger partial charge on any atom is 0.343 e. The largest absolute Gasteiger partial charge is 0.426 e. The zero-order chi connectivity index (χ0) is 15.8. The molecule has 0 N–H and O–H groups in total. The Kier molecular flexibility index (Phi) is 5.65. The van der Waals surface area contributed by atoms with Crippen molar-refractivity contribution >= 4 is 11.9 Å². The molecular formula is C17H17NO4.